The first kappa shape index (κ1) is 13.7. The van der Waals surface area contributed by atoms with Gasteiger partial charge >= 0.3 is 11.9 Å². The summed E-state index contributed by atoms with van der Waals surface area (Å²) in [4.78, 5) is 22.2. The summed E-state index contributed by atoms with van der Waals surface area (Å²) in [5.41, 5.74) is 0.0396. The maximum absolute atomic E-state index is 11.3. The summed E-state index contributed by atoms with van der Waals surface area (Å²) in [7, 11) is 0. The molecule has 0 saturated heterocycles. The quantitative estimate of drug-likeness (QED) is 0.520. The zero-order chi connectivity index (χ0) is 11.8. The fourth-order valence-corrected chi connectivity index (χ4v) is 1.22. The molecule has 1 N–H and O–H groups in total. The normalized spacial score (nSPS) is 11.9. The molecular weight excluding hydrogens is 196 g/mol. The van der Waals surface area contributed by atoms with Crippen LogP contribution in [0.4, 0.5) is 0 Å². The fourth-order valence-electron chi connectivity index (χ4n) is 1.22. The molecule has 0 aliphatic carbocycles. The van der Waals surface area contributed by atoms with Gasteiger partial charge in [-0.1, -0.05) is 26.3 Å². The van der Waals surface area contributed by atoms with Crippen molar-refractivity contribution in [2.45, 2.75) is 33.1 Å². The number of hydrogen-bond donors (Lipinski definition) is 1. The topological polar surface area (TPSA) is 63.6 Å². The van der Waals surface area contributed by atoms with Gasteiger partial charge in [-0.3, -0.25) is 4.79 Å². The molecule has 0 aromatic carbocycles. The number of esters is 1. The van der Waals surface area contributed by atoms with E-state index in [0.717, 1.165) is 12.8 Å². The lowest BCUT2D eigenvalue weighted by Gasteiger charge is -2.13. The van der Waals surface area contributed by atoms with E-state index >= 15 is 0 Å². The molecule has 0 heterocycles. The number of carbonyl (C=O) groups is 2. The molecule has 0 spiro atoms. The smallest absolute Gasteiger partial charge is 0.334 e. The molecule has 0 fully saturated rings. The Bertz CT molecular complexity index is 245. The van der Waals surface area contributed by atoms with Gasteiger partial charge in [-0.2, -0.15) is 0 Å². The highest BCUT2D eigenvalue weighted by molar-refractivity contribution is 5.94. The van der Waals surface area contributed by atoms with Crippen molar-refractivity contribution in [3.05, 3.63) is 12.2 Å². The second-order valence-corrected chi connectivity index (χ2v) is 3.28. The molecule has 0 radical (unpaired) electrons. The van der Waals surface area contributed by atoms with Crippen molar-refractivity contribution >= 4 is 11.9 Å². The summed E-state index contributed by atoms with van der Waals surface area (Å²) in [6.45, 7) is 7.36. The van der Waals surface area contributed by atoms with E-state index in [2.05, 4.69) is 6.58 Å². The third-order valence-electron chi connectivity index (χ3n) is 2.10. The minimum absolute atomic E-state index is 0.0396. The summed E-state index contributed by atoms with van der Waals surface area (Å²) in [5.74, 6) is -2.44. The van der Waals surface area contributed by atoms with Crippen molar-refractivity contribution in [2.75, 3.05) is 6.61 Å². The van der Waals surface area contributed by atoms with Crippen molar-refractivity contribution in [3.8, 4) is 0 Å². The molecule has 0 saturated carbocycles. The standard InChI is InChI=1S/C11H18O4/c1-4-6-7-9(10(12)13)8(3)11(14)15-5-2/h9H,3-7H2,1-2H3,(H,12,13). The predicted molar refractivity (Wildman–Crippen MR) is 56.4 cm³/mol. The Morgan fingerprint density at radius 2 is 2.00 bits per heavy atom. The van der Waals surface area contributed by atoms with Crippen molar-refractivity contribution < 1.29 is 19.4 Å². The van der Waals surface area contributed by atoms with Crippen LogP contribution in [-0.4, -0.2) is 23.7 Å². The Labute approximate surface area is 89.9 Å². The Kier molecular flexibility index (Phi) is 6.42. The second-order valence-electron chi connectivity index (χ2n) is 3.28. The molecule has 15 heavy (non-hydrogen) atoms. The maximum Gasteiger partial charge on any atom is 0.334 e. The van der Waals surface area contributed by atoms with Crippen LogP contribution in [0.25, 0.3) is 0 Å². The van der Waals surface area contributed by atoms with Crippen LogP contribution >= 0.6 is 0 Å². The molecule has 0 aliphatic heterocycles. The highest BCUT2D eigenvalue weighted by atomic mass is 16.5. The van der Waals surface area contributed by atoms with Crippen LogP contribution in [0.5, 0.6) is 0 Å². The fraction of sp³-hybridized carbons (Fsp3) is 0.636. The van der Waals surface area contributed by atoms with Gasteiger partial charge in [0.05, 0.1) is 12.5 Å². The number of carboxylic acids is 1. The molecule has 0 rings (SSSR count). The molecule has 0 aromatic rings. The van der Waals surface area contributed by atoms with Gasteiger partial charge in [-0.15, -0.1) is 0 Å². The van der Waals surface area contributed by atoms with Crippen LogP contribution in [0.1, 0.15) is 33.1 Å². The van der Waals surface area contributed by atoms with E-state index in [1.807, 2.05) is 6.92 Å². The van der Waals surface area contributed by atoms with E-state index in [4.69, 9.17) is 9.84 Å². The Morgan fingerprint density at radius 3 is 2.40 bits per heavy atom. The van der Waals surface area contributed by atoms with E-state index in [0.29, 0.717) is 6.42 Å². The largest absolute Gasteiger partial charge is 0.481 e. The van der Waals surface area contributed by atoms with Gasteiger partial charge in [-0.05, 0) is 13.3 Å². The van der Waals surface area contributed by atoms with Crippen LogP contribution in [0, 0.1) is 5.92 Å². The average Bonchev–Trinajstić information content (AvgIpc) is 2.18. The predicted octanol–water partition coefficient (Wildman–Crippen LogP) is 2.00. The monoisotopic (exact) mass is 214 g/mol. The van der Waals surface area contributed by atoms with E-state index in [1.165, 1.54) is 0 Å². The zero-order valence-corrected chi connectivity index (χ0v) is 9.28. The summed E-state index contributed by atoms with van der Waals surface area (Å²) < 4.78 is 4.71. The summed E-state index contributed by atoms with van der Waals surface area (Å²) >= 11 is 0. The van der Waals surface area contributed by atoms with Crippen molar-refractivity contribution in [3.63, 3.8) is 0 Å². The van der Waals surface area contributed by atoms with Gasteiger partial charge in [0.25, 0.3) is 0 Å². The van der Waals surface area contributed by atoms with Crippen LogP contribution < -0.4 is 0 Å². The Balaban J connectivity index is 4.41. The molecule has 0 aromatic heterocycles. The average molecular weight is 214 g/mol. The molecule has 4 heteroatoms. The zero-order valence-electron chi connectivity index (χ0n) is 9.28. The highest BCUT2D eigenvalue weighted by Gasteiger charge is 2.25. The Morgan fingerprint density at radius 1 is 1.40 bits per heavy atom. The number of carboxylic acid groups (broad SMARTS) is 1. The first-order valence-electron chi connectivity index (χ1n) is 5.13. The van der Waals surface area contributed by atoms with E-state index in [-0.39, 0.29) is 12.2 Å². The van der Waals surface area contributed by atoms with Crippen LogP contribution in [0.2, 0.25) is 0 Å². The van der Waals surface area contributed by atoms with Gasteiger partial charge in [-0.25, -0.2) is 4.79 Å². The van der Waals surface area contributed by atoms with E-state index in [9.17, 15) is 9.59 Å². The number of carbonyl (C=O) groups excluding carboxylic acids is 1. The molecule has 1 unspecified atom stereocenters. The van der Waals surface area contributed by atoms with Crippen LogP contribution in [0.3, 0.4) is 0 Å². The molecule has 4 nitrogen and oxygen atoms in total. The molecule has 86 valence electrons. The summed E-state index contributed by atoms with van der Waals surface area (Å²) in [6, 6.07) is 0. The van der Waals surface area contributed by atoms with E-state index < -0.39 is 17.9 Å². The lowest BCUT2D eigenvalue weighted by molar-refractivity contribution is -0.146. The minimum Gasteiger partial charge on any atom is -0.481 e. The lowest BCUT2D eigenvalue weighted by atomic mass is 9.95. The SMILES string of the molecule is C=C(C(=O)OCC)C(CCCC)C(=O)O. The van der Waals surface area contributed by atoms with E-state index in [1.54, 1.807) is 6.92 Å². The molecule has 0 bridgehead atoms. The number of unbranched alkanes of at least 4 members (excludes halogenated alkanes) is 1. The summed E-state index contributed by atoms with van der Waals surface area (Å²) in [5, 5.41) is 8.92. The molecule has 1 atom stereocenters. The second kappa shape index (κ2) is 7.04. The number of hydrogen-bond acceptors (Lipinski definition) is 3. The maximum atomic E-state index is 11.3. The first-order chi connectivity index (χ1) is 7.04. The highest BCUT2D eigenvalue weighted by Crippen LogP contribution is 2.18. The third-order valence-corrected chi connectivity index (χ3v) is 2.10. The lowest BCUT2D eigenvalue weighted by Crippen LogP contribution is -2.22. The minimum atomic E-state index is -1.01. The van der Waals surface area contributed by atoms with Gasteiger partial charge in [0, 0.05) is 5.57 Å². The number of ether oxygens (including phenoxy) is 1. The Hall–Kier alpha value is -1.32. The molecular formula is C11H18O4. The summed E-state index contributed by atoms with van der Waals surface area (Å²) in [6.07, 6.45) is 2.08. The third kappa shape index (κ3) is 4.63. The van der Waals surface area contributed by atoms with Crippen molar-refractivity contribution in [2.24, 2.45) is 5.92 Å². The first-order valence-corrected chi connectivity index (χ1v) is 5.13. The molecule has 0 aliphatic rings. The van der Waals surface area contributed by atoms with Gasteiger partial charge in [0.2, 0.25) is 0 Å². The van der Waals surface area contributed by atoms with Crippen molar-refractivity contribution in [1.82, 2.24) is 0 Å². The van der Waals surface area contributed by atoms with Crippen molar-refractivity contribution in [1.29, 1.82) is 0 Å². The molecule has 0 amide bonds. The number of rotatable bonds is 7. The van der Waals surface area contributed by atoms with Gasteiger partial charge < -0.3 is 9.84 Å². The van der Waals surface area contributed by atoms with Gasteiger partial charge in [0.15, 0.2) is 0 Å². The van der Waals surface area contributed by atoms with Gasteiger partial charge in [0.1, 0.15) is 0 Å². The number of aliphatic carboxylic acids is 1. The van der Waals surface area contributed by atoms with Crippen LogP contribution in [-0.2, 0) is 14.3 Å². The van der Waals surface area contributed by atoms with Crippen LogP contribution in [0.15, 0.2) is 12.2 Å².